The number of phenols is 1. The van der Waals surface area contributed by atoms with Crippen molar-refractivity contribution in [2.24, 2.45) is 0 Å². The van der Waals surface area contributed by atoms with Gasteiger partial charge in [0.25, 0.3) is 0 Å². The zero-order valence-electron chi connectivity index (χ0n) is 12.9. The predicted molar refractivity (Wildman–Crippen MR) is 89.3 cm³/mol. The van der Waals surface area contributed by atoms with Gasteiger partial charge in [-0.3, -0.25) is 0 Å². The molecule has 1 aromatic heterocycles. The number of hydrogen-bond acceptors (Lipinski definition) is 3. The third-order valence-corrected chi connectivity index (χ3v) is 5.45. The van der Waals surface area contributed by atoms with E-state index in [0.717, 1.165) is 11.1 Å². The van der Waals surface area contributed by atoms with E-state index in [1.54, 1.807) is 48.7 Å². The normalized spacial score (nSPS) is 11.6. The molecule has 5 heteroatoms. The molecule has 0 amide bonds. The minimum absolute atomic E-state index is 0.109. The molecule has 0 bridgehead atoms. The van der Waals surface area contributed by atoms with Crippen molar-refractivity contribution in [2.75, 3.05) is 0 Å². The second-order valence-corrected chi connectivity index (χ2v) is 7.51. The fourth-order valence-corrected chi connectivity index (χ4v) is 3.65. The quantitative estimate of drug-likeness (QED) is 0.768. The summed E-state index contributed by atoms with van der Waals surface area (Å²) in [7, 11) is -3.60. The van der Waals surface area contributed by atoms with Crippen molar-refractivity contribution in [1.82, 2.24) is 4.98 Å². The Morgan fingerprint density at radius 1 is 0.913 bits per heavy atom. The Kier molecular flexibility index (Phi) is 3.74. The SMILES string of the molecule is Cc1ccc(S(=O)(=O)c2cc(-c3cc(C)ccc3O)c[nH]2)cc1. The molecule has 2 aromatic carbocycles. The number of rotatable bonds is 3. The van der Waals surface area contributed by atoms with Crippen LogP contribution in [0.3, 0.4) is 0 Å². The van der Waals surface area contributed by atoms with Gasteiger partial charge in [0, 0.05) is 17.3 Å². The first-order chi connectivity index (χ1) is 10.9. The van der Waals surface area contributed by atoms with Crippen LogP contribution in [0.1, 0.15) is 11.1 Å². The second kappa shape index (κ2) is 5.59. The number of sulfone groups is 1. The first-order valence-electron chi connectivity index (χ1n) is 7.18. The highest BCUT2D eigenvalue weighted by atomic mass is 32.2. The second-order valence-electron chi connectivity index (χ2n) is 5.59. The van der Waals surface area contributed by atoms with Gasteiger partial charge in [-0.1, -0.05) is 29.3 Å². The molecule has 4 nitrogen and oxygen atoms in total. The summed E-state index contributed by atoms with van der Waals surface area (Å²) in [5, 5.41) is 10.1. The smallest absolute Gasteiger partial charge is 0.221 e. The van der Waals surface area contributed by atoms with Crippen LogP contribution in [0.15, 0.2) is 64.6 Å². The lowest BCUT2D eigenvalue weighted by molar-refractivity contribution is 0.477. The zero-order chi connectivity index (χ0) is 16.6. The van der Waals surface area contributed by atoms with Crippen LogP contribution in [0.5, 0.6) is 5.75 Å². The molecule has 0 aliphatic rings. The van der Waals surface area contributed by atoms with Gasteiger partial charge in [-0.2, -0.15) is 0 Å². The Morgan fingerprint density at radius 2 is 1.57 bits per heavy atom. The van der Waals surface area contributed by atoms with E-state index in [4.69, 9.17) is 0 Å². The average Bonchev–Trinajstić information content (AvgIpc) is 3.00. The minimum atomic E-state index is -3.60. The Hall–Kier alpha value is -2.53. The number of aromatic amines is 1. The van der Waals surface area contributed by atoms with Crippen LogP contribution < -0.4 is 0 Å². The molecular weight excluding hydrogens is 310 g/mol. The molecule has 0 spiro atoms. The van der Waals surface area contributed by atoms with Crippen LogP contribution in [0.4, 0.5) is 0 Å². The lowest BCUT2D eigenvalue weighted by atomic mass is 10.1. The van der Waals surface area contributed by atoms with Crippen molar-refractivity contribution in [3.05, 3.63) is 65.9 Å². The summed E-state index contributed by atoms with van der Waals surface area (Å²) in [6.45, 7) is 3.82. The number of hydrogen-bond donors (Lipinski definition) is 2. The minimum Gasteiger partial charge on any atom is -0.507 e. The molecule has 0 radical (unpaired) electrons. The molecule has 0 atom stereocenters. The maximum Gasteiger partial charge on any atom is 0.221 e. The predicted octanol–water partition coefficient (Wildman–Crippen LogP) is 3.84. The molecule has 118 valence electrons. The van der Waals surface area contributed by atoms with E-state index in [-0.39, 0.29) is 15.7 Å². The van der Waals surface area contributed by atoms with Gasteiger partial charge in [0.1, 0.15) is 10.8 Å². The highest BCUT2D eigenvalue weighted by molar-refractivity contribution is 7.91. The van der Waals surface area contributed by atoms with Crippen molar-refractivity contribution in [2.45, 2.75) is 23.8 Å². The molecule has 23 heavy (non-hydrogen) atoms. The van der Waals surface area contributed by atoms with E-state index >= 15 is 0 Å². The molecule has 1 heterocycles. The number of phenolic OH excluding ortho intramolecular Hbond substituents is 1. The average molecular weight is 327 g/mol. The van der Waals surface area contributed by atoms with Crippen molar-refractivity contribution >= 4 is 9.84 Å². The van der Waals surface area contributed by atoms with E-state index < -0.39 is 9.84 Å². The largest absolute Gasteiger partial charge is 0.507 e. The van der Waals surface area contributed by atoms with Crippen molar-refractivity contribution in [3.63, 3.8) is 0 Å². The fraction of sp³-hybridized carbons (Fsp3) is 0.111. The Balaban J connectivity index is 2.05. The number of benzene rings is 2. The Morgan fingerprint density at radius 3 is 2.26 bits per heavy atom. The molecule has 0 fully saturated rings. The Bertz CT molecular complexity index is 954. The van der Waals surface area contributed by atoms with Gasteiger partial charge in [0.05, 0.1) is 4.90 Å². The van der Waals surface area contributed by atoms with E-state index in [9.17, 15) is 13.5 Å². The summed E-state index contributed by atoms with van der Waals surface area (Å²) >= 11 is 0. The van der Waals surface area contributed by atoms with Gasteiger partial charge in [0.15, 0.2) is 0 Å². The first-order valence-corrected chi connectivity index (χ1v) is 8.66. The first kappa shape index (κ1) is 15.4. The molecule has 3 aromatic rings. The van der Waals surface area contributed by atoms with Crippen LogP contribution in [-0.4, -0.2) is 18.5 Å². The Labute approximate surface area is 135 Å². The van der Waals surface area contributed by atoms with Crippen molar-refractivity contribution < 1.29 is 13.5 Å². The third kappa shape index (κ3) is 2.87. The zero-order valence-corrected chi connectivity index (χ0v) is 13.7. The number of aryl methyl sites for hydroxylation is 2. The van der Waals surface area contributed by atoms with E-state index in [2.05, 4.69) is 4.98 Å². The van der Waals surface area contributed by atoms with Gasteiger partial charge >= 0.3 is 0 Å². The van der Waals surface area contributed by atoms with Crippen LogP contribution in [0, 0.1) is 13.8 Å². The van der Waals surface area contributed by atoms with Crippen LogP contribution in [-0.2, 0) is 9.84 Å². The molecule has 0 unspecified atom stereocenters. The molecule has 0 saturated carbocycles. The highest BCUT2D eigenvalue weighted by Crippen LogP contribution is 2.32. The van der Waals surface area contributed by atoms with Crippen LogP contribution in [0.25, 0.3) is 11.1 Å². The monoisotopic (exact) mass is 327 g/mol. The summed E-state index contributed by atoms with van der Waals surface area (Å²) in [5.74, 6) is 0.119. The van der Waals surface area contributed by atoms with Crippen molar-refractivity contribution in [3.8, 4) is 16.9 Å². The summed E-state index contributed by atoms with van der Waals surface area (Å²) in [6, 6.07) is 13.5. The molecule has 3 rings (SSSR count). The van der Waals surface area contributed by atoms with Crippen LogP contribution in [0.2, 0.25) is 0 Å². The van der Waals surface area contributed by atoms with Crippen molar-refractivity contribution in [1.29, 1.82) is 0 Å². The number of nitrogens with one attached hydrogen (secondary N) is 1. The molecule has 2 N–H and O–H groups in total. The molecule has 0 aliphatic heterocycles. The summed E-state index contributed by atoms with van der Waals surface area (Å²) in [5.41, 5.74) is 3.23. The number of H-pyrrole nitrogens is 1. The van der Waals surface area contributed by atoms with Gasteiger partial charge in [-0.25, -0.2) is 8.42 Å². The van der Waals surface area contributed by atoms with E-state index in [1.807, 2.05) is 19.9 Å². The standard InChI is InChI=1S/C18H17NO3S/c1-12-3-6-15(7-4-12)23(21,22)18-10-14(11-19-18)16-9-13(2)5-8-17(16)20/h3-11,19-20H,1-2H3. The lowest BCUT2D eigenvalue weighted by Crippen LogP contribution is -2.01. The van der Waals surface area contributed by atoms with Gasteiger partial charge in [-0.05, 0) is 44.2 Å². The fourth-order valence-electron chi connectivity index (χ4n) is 2.41. The summed E-state index contributed by atoms with van der Waals surface area (Å²) in [4.78, 5) is 3.05. The summed E-state index contributed by atoms with van der Waals surface area (Å²) < 4.78 is 25.3. The van der Waals surface area contributed by atoms with Gasteiger partial charge < -0.3 is 10.1 Å². The number of aromatic hydroxyl groups is 1. The summed E-state index contributed by atoms with van der Waals surface area (Å²) in [6.07, 6.45) is 1.59. The topological polar surface area (TPSA) is 70.2 Å². The number of aromatic nitrogens is 1. The van der Waals surface area contributed by atoms with Crippen LogP contribution >= 0.6 is 0 Å². The van der Waals surface area contributed by atoms with Gasteiger partial charge in [0.2, 0.25) is 9.84 Å². The maximum atomic E-state index is 12.6. The van der Waals surface area contributed by atoms with E-state index in [0.29, 0.717) is 11.1 Å². The lowest BCUT2D eigenvalue weighted by Gasteiger charge is -2.04. The highest BCUT2D eigenvalue weighted by Gasteiger charge is 2.20. The molecule has 0 saturated heterocycles. The van der Waals surface area contributed by atoms with E-state index in [1.165, 1.54) is 0 Å². The maximum absolute atomic E-state index is 12.6. The molecule has 0 aliphatic carbocycles. The molecular formula is C18H17NO3S. The third-order valence-electron chi connectivity index (χ3n) is 3.74. The van der Waals surface area contributed by atoms with Gasteiger partial charge in [-0.15, -0.1) is 0 Å².